The number of rotatable bonds is 5. The number of benzene rings is 3. The summed E-state index contributed by atoms with van der Waals surface area (Å²) in [6.07, 6.45) is 1.54. The molecule has 0 spiro atoms. The second-order valence-corrected chi connectivity index (χ2v) is 6.12. The van der Waals surface area contributed by atoms with E-state index in [2.05, 4.69) is 20.5 Å². The third-order valence-electron chi connectivity index (χ3n) is 4.17. The maximum atomic E-state index is 9.84. The van der Waals surface area contributed by atoms with Gasteiger partial charge in [0, 0.05) is 16.7 Å². The normalized spacial score (nSPS) is 10.9. The summed E-state index contributed by atoms with van der Waals surface area (Å²) in [5.74, 6) is 0.545. The number of hydrogen-bond donors (Lipinski definition) is 2. The molecule has 0 aliphatic heterocycles. The molecular weight excluding hydrogens is 348 g/mol. The largest absolute Gasteiger partial charge is 0.507 e. The Bertz CT molecular complexity index is 1040. The molecule has 4 rings (SSSR count). The van der Waals surface area contributed by atoms with E-state index >= 15 is 0 Å². The number of phenolic OH excluding ortho intramolecular Hbond substituents is 1. The summed E-state index contributed by atoms with van der Waals surface area (Å²) in [4.78, 5) is 9.17. The van der Waals surface area contributed by atoms with E-state index in [0.717, 1.165) is 22.5 Å². The number of para-hydroxylation sites is 1. The molecule has 3 aromatic carbocycles. The van der Waals surface area contributed by atoms with E-state index in [0.29, 0.717) is 11.5 Å². The Balaban J connectivity index is 1.69. The van der Waals surface area contributed by atoms with Gasteiger partial charge in [-0.1, -0.05) is 72.8 Å². The molecule has 28 heavy (non-hydrogen) atoms. The van der Waals surface area contributed by atoms with E-state index in [9.17, 15) is 5.11 Å². The first-order chi connectivity index (χ1) is 13.8. The Morgan fingerprint density at radius 3 is 1.82 bits per heavy atom. The van der Waals surface area contributed by atoms with Crippen LogP contribution >= 0.6 is 0 Å². The second kappa shape index (κ2) is 8.14. The maximum Gasteiger partial charge on any atom is 0.244 e. The average Bonchev–Trinajstić information content (AvgIpc) is 2.76. The summed E-state index contributed by atoms with van der Waals surface area (Å²) >= 11 is 0. The highest BCUT2D eigenvalue weighted by atomic mass is 16.3. The average molecular weight is 366 g/mol. The van der Waals surface area contributed by atoms with Gasteiger partial charge in [-0.25, -0.2) is 15.4 Å². The minimum atomic E-state index is 0.164. The Hall–Kier alpha value is -3.99. The van der Waals surface area contributed by atoms with Crippen molar-refractivity contribution in [2.75, 3.05) is 5.43 Å². The number of nitrogens with zero attached hydrogens (tertiary/aromatic N) is 3. The standard InChI is InChI=1S/C23H18N4O/c28-22-14-8-7-13-19(22)16-24-27-23-25-20(17-9-3-1-4-10-17)15-21(26-23)18-11-5-2-6-12-18/h1-16,28H,(H,25,26,27). The zero-order valence-electron chi connectivity index (χ0n) is 15.0. The molecule has 0 atom stereocenters. The lowest BCUT2D eigenvalue weighted by molar-refractivity contribution is 0.474. The Labute approximate surface area is 163 Å². The highest BCUT2D eigenvalue weighted by Gasteiger charge is 2.08. The fourth-order valence-electron chi connectivity index (χ4n) is 2.77. The van der Waals surface area contributed by atoms with E-state index in [1.165, 1.54) is 6.21 Å². The zero-order valence-corrected chi connectivity index (χ0v) is 15.0. The summed E-state index contributed by atoms with van der Waals surface area (Å²) in [7, 11) is 0. The van der Waals surface area contributed by atoms with Gasteiger partial charge in [-0.2, -0.15) is 5.10 Å². The third kappa shape index (κ3) is 4.04. The van der Waals surface area contributed by atoms with Crippen LogP contribution in [0.4, 0.5) is 5.95 Å². The third-order valence-corrected chi connectivity index (χ3v) is 4.17. The topological polar surface area (TPSA) is 70.4 Å². The number of hydrazone groups is 1. The van der Waals surface area contributed by atoms with Gasteiger partial charge in [-0.15, -0.1) is 0 Å². The van der Waals surface area contributed by atoms with Crippen LogP contribution in [0.5, 0.6) is 5.75 Å². The van der Waals surface area contributed by atoms with Crippen LogP contribution in [0.25, 0.3) is 22.5 Å². The van der Waals surface area contributed by atoms with Gasteiger partial charge >= 0.3 is 0 Å². The van der Waals surface area contributed by atoms with E-state index in [1.54, 1.807) is 18.2 Å². The molecule has 136 valence electrons. The van der Waals surface area contributed by atoms with Gasteiger partial charge in [0.1, 0.15) is 5.75 Å². The van der Waals surface area contributed by atoms with E-state index in [-0.39, 0.29) is 5.75 Å². The van der Waals surface area contributed by atoms with Crippen LogP contribution in [-0.4, -0.2) is 21.3 Å². The summed E-state index contributed by atoms with van der Waals surface area (Å²) in [6, 6.07) is 28.8. The lowest BCUT2D eigenvalue weighted by atomic mass is 10.1. The molecule has 0 saturated heterocycles. The van der Waals surface area contributed by atoms with Crippen LogP contribution < -0.4 is 5.43 Å². The number of aromatic nitrogens is 2. The first kappa shape index (κ1) is 17.4. The SMILES string of the molecule is Oc1ccccc1C=NNc1nc(-c2ccccc2)cc(-c2ccccc2)n1. The molecule has 0 fully saturated rings. The minimum Gasteiger partial charge on any atom is -0.507 e. The quantitative estimate of drug-likeness (QED) is 0.387. The van der Waals surface area contributed by atoms with Crippen LogP contribution in [0, 0.1) is 0 Å². The summed E-state index contributed by atoms with van der Waals surface area (Å²) in [5, 5.41) is 14.0. The van der Waals surface area contributed by atoms with Crippen LogP contribution in [-0.2, 0) is 0 Å². The van der Waals surface area contributed by atoms with Crippen molar-refractivity contribution in [3.63, 3.8) is 0 Å². The predicted octanol–water partition coefficient (Wildman–Crippen LogP) is 4.96. The number of phenols is 1. The molecular formula is C23H18N4O. The molecule has 0 unspecified atom stereocenters. The fourth-order valence-corrected chi connectivity index (χ4v) is 2.77. The number of hydrogen-bond acceptors (Lipinski definition) is 5. The minimum absolute atomic E-state index is 0.164. The smallest absolute Gasteiger partial charge is 0.244 e. The van der Waals surface area contributed by atoms with Crippen molar-refractivity contribution in [3.05, 3.63) is 96.6 Å². The number of anilines is 1. The van der Waals surface area contributed by atoms with Gasteiger partial charge in [0.25, 0.3) is 0 Å². The van der Waals surface area contributed by atoms with Crippen molar-refractivity contribution in [2.24, 2.45) is 5.10 Å². The molecule has 0 bridgehead atoms. The molecule has 5 nitrogen and oxygen atoms in total. The van der Waals surface area contributed by atoms with Crippen molar-refractivity contribution in [1.29, 1.82) is 0 Å². The molecule has 1 heterocycles. The van der Waals surface area contributed by atoms with Crippen LogP contribution in [0.3, 0.4) is 0 Å². The van der Waals surface area contributed by atoms with Gasteiger partial charge in [-0.3, -0.25) is 0 Å². The molecule has 2 N–H and O–H groups in total. The van der Waals surface area contributed by atoms with Crippen molar-refractivity contribution in [2.45, 2.75) is 0 Å². The number of nitrogens with one attached hydrogen (secondary N) is 1. The summed E-state index contributed by atoms with van der Waals surface area (Å²) in [5.41, 5.74) is 7.08. The lowest BCUT2D eigenvalue weighted by Crippen LogP contribution is -2.00. The van der Waals surface area contributed by atoms with Gasteiger partial charge < -0.3 is 5.11 Å². The first-order valence-corrected chi connectivity index (χ1v) is 8.86. The van der Waals surface area contributed by atoms with Gasteiger partial charge in [0.2, 0.25) is 5.95 Å². The molecule has 0 radical (unpaired) electrons. The Morgan fingerprint density at radius 1 is 0.714 bits per heavy atom. The van der Waals surface area contributed by atoms with E-state index < -0.39 is 0 Å². The molecule has 4 aromatic rings. The van der Waals surface area contributed by atoms with Crippen LogP contribution in [0.2, 0.25) is 0 Å². The molecule has 0 aliphatic carbocycles. The van der Waals surface area contributed by atoms with Crippen LogP contribution in [0.1, 0.15) is 5.56 Å². The predicted molar refractivity (Wildman–Crippen MR) is 112 cm³/mol. The molecule has 5 heteroatoms. The van der Waals surface area contributed by atoms with Gasteiger partial charge in [0.05, 0.1) is 17.6 Å². The first-order valence-electron chi connectivity index (χ1n) is 8.86. The Morgan fingerprint density at radius 2 is 1.25 bits per heavy atom. The number of aromatic hydroxyl groups is 1. The van der Waals surface area contributed by atoms with Gasteiger partial charge in [0.15, 0.2) is 0 Å². The molecule has 0 saturated carbocycles. The lowest BCUT2D eigenvalue weighted by Gasteiger charge is -2.08. The van der Waals surface area contributed by atoms with Crippen LogP contribution in [0.15, 0.2) is 96.1 Å². The summed E-state index contributed by atoms with van der Waals surface area (Å²) in [6.45, 7) is 0. The molecule has 0 aliphatic rings. The monoisotopic (exact) mass is 366 g/mol. The summed E-state index contributed by atoms with van der Waals surface area (Å²) < 4.78 is 0. The van der Waals surface area contributed by atoms with E-state index in [1.807, 2.05) is 72.8 Å². The molecule has 0 amide bonds. The van der Waals surface area contributed by atoms with E-state index in [4.69, 9.17) is 0 Å². The maximum absolute atomic E-state index is 9.84. The molecule has 1 aromatic heterocycles. The van der Waals surface area contributed by atoms with Gasteiger partial charge in [-0.05, 0) is 18.2 Å². The van der Waals surface area contributed by atoms with Crippen molar-refractivity contribution < 1.29 is 5.11 Å². The van der Waals surface area contributed by atoms with Crippen molar-refractivity contribution in [3.8, 4) is 28.3 Å². The fraction of sp³-hybridized carbons (Fsp3) is 0. The zero-order chi connectivity index (χ0) is 19.2. The van der Waals surface area contributed by atoms with Crippen molar-refractivity contribution in [1.82, 2.24) is 9.97 Å². The Kier molecular flexibility index (Phi) is 5.06. The van der Waals surface area contributed by atoms with Crippen molar-refractivity contribution >= 4 is 12.2 Å². The highest BCUT2D eigenvalue weighted by Crippen LogP contribution is 2.25. The highest BCUT2D eigenvalue weighted by molar-refractivity contribution is 5.83. The second-order valence-electron chi connectivity index (χ2n) is 6.12.